The number of rotatable bonds is 5. The molecule has 0 atom stereocenters. The lowest BCUT2D eigenvalue weighted by Gasteiger charge is -2.11. The van der Waals surface area contributed by atoms with Gasteiger partial charge in [0, 0.05) is 6.21 Å². The van der Waals surface area contributed by atoms with Crippen LogP contribution in [0.5, 0.6) is 0 Å². The summed E-state index contributed by atoms with van der Waals surface area (Å²) in [6.07, 6.45) is -2.41. The highest BCUT2D eigenvalue weighted by atomic mass is 32.2. The number of hydrogen-bond donors (Lipinski definition) is 0. The third kappa shape index (κ3) is 4.23. The van der Waals surface area contributed by atoms with Gasteiger partial charge in [-0.15, -0.1) is 0 Å². The largest absolute Gasteiger partial charge is 0.417 e. The van der Waals surface area contributed by atoms with E-state index in [1.165, 1.54) is 12.3 Å². The number of hydrogen-bond acceptors (Lipinski definition) is 4. The molecule has 0 aliphatic rings. The van der Waals surface area contributed by atoms with Gasteiger partial charge < -0.3 is 0 Å². The summed E-state index contributed by atoms with van der Waals surface area (Å²) in [7, 11) is -4.57. The summed E-state index contributed by atoms with van der Waals surface area (Å²) in [6.45, 7) is 1.83. The van der Waals surface area contributed by atoms with E-state index in [0.717, 1.165) is 12.1 Å². The number of halogens is 3. The highest BCUT2D eigenvalue weighted by Crippen LogP contribution is 2.34. The highest BCUT2D eigenvalue weighted by Gasteiger charge is 2.37. The van der Waals surface area contributed by atoms with Crippen LogP contribution in [-0.2, 0) is 20.6 Å². The lowest BCUT2D eigenvalue weighted by atomic mass is 10.2. The highest BCUT2D eigenvalue weighted by molar-refractivity contribution is 7.86. The molecule has 0 saturated carbocycles. The van der Waals surface area contributed by atoms with E-state index in [-0.39, 0.29) is 0 Å². The number of nitrogens with zero attached hydrogens (tertiary/aromatic N) is 1. The molecule has 8 heteroatoms. The average Bonchev–Trinajstić information content (AvgIpc) is 2.34. The molecule has 0 fully saturated rings. The van der Waals surface area contributed by atoms with E-state index < -0.39 is 26.8 Å². The SMILES string of the molecule is CCCC=NOS(=O)(=O)c1ccccc1C(F)(F)F. The number of benzene rings is 1. The molecule has 1 rings (SSSR count). The van der Waals surface area contributed by atoms with Crippen molar-refractivity contribution in [2.45, 2.75) is 30.8 Å². The van der Waals surface area contributed by atoms with Crippen LogP contribution in [0.15, 0.2) is 34.3 Å². The normalized spacial score (nSPS) is 12.8. The first-order valence-electron chi connectivity index (χ1n) is 5.40. The molecule has 0 aromatic heterocycles. The summed E-state index contributed by atoms with van der Waals surface area (Å²) < 4.78 is 65.4. The molecule has 0 heterocycles. The zero-order chi connectivity index (χ0) is 14.5. The smallest absolute Gasteiger partial charge is 0.265 e. The topological polar surface area (TPSA) is 55.7 Å². The fourth-order valence-electron chi connectivity index (χ4n) is 1.23. The van der Waals surface area contributed by atoms with Crippen molar-refractivity contribution >= 4 is 16.3 Å². The van der Waals surface area contributed by atoms with Crippen molar-refractivity contribution < 1.29 is 25.9 Å². The Morgan fingerprint density at radius 2 is 1.95 bits per heavy atom. The first-order valence-corrected chi connectivity index (χ1v) is 6.81. The summed E-state index contributed by atoms with van der Waals surface area (Å²) in [4.78, 5) is -0.948. The molecule has 106 valence electrons. The molecule has 1 aromatic rings. The second-order valence-corrected chi connectivity index (χ2v) is 5.10. The number of unbranched alkanes of at least 4 members (excludes halogenated alkanes) is 1. The summed E-state index contributed by atoms with van der Waals surface area (Å²) in [6, 6.07) is 3.78. The van der Waals surface area contributed by atoms with E-state index in [0.29, 0.717) is 18.9 Å². The maximum absolute atomic E-state index is 12.7. The van der Waals surface area contributed by atoms with Gasteiger partial charge in [-0.25, -0.2) is 0 Å². The van der Waals surface area contributed by atoms with E-state index in [1.54, 1.807) is 0 Å². The Bertz CT molecular complexity index is 553. The van der Waals surface area contributed by atoms with Crippen molar-refractivity contribution in [2.24, 2.45) is 5.16 Å². The van der Waals surface area contributed by atoms with Gasteiger partial charge in [0.25, 0.3) is 0 Å². The van der Waals surface area contributed by atoms with Gasteiger partial charge in [0.2, 0.25) is 0 Å². The third-order valence-electron chi connectivity index (χ3n) is 2.10. The van der Waals surface area contributed by atoms with Gasteiger partial charge in [-0.2, -0.15) is 21.6 Å². The molecule has 0 bridgehead atoms. The van der Waals surface area contributed by atoms with Gasteiger partial charge >= 0.3 is 16.3 Å². The van der Waals surface area contributed by atoms with Crippen LogP contribution >= 0.6 is 0 Å². The minimum atomic E-state index is -4.78. The predicted octanol–water partition coefficient (Wildman–Crippen LogP) is 3.20. The van der Waals surface area contributed by atoms with E-state index in [2.05, 4.69) is 9.44 Å². The minimum absolute atomic E-state index is 0.469. The molecule has 0 aliphatic carbocycles. The van der Waals surface area contributed by atoms with Crippen LogP contribution in [-0.4, -0.2) is 14.6 Å². The lowest BCUT2D eigenvalue weighted by Crippen LogP contribution is -2.13. The van der Waals surface area contributed by atoms with Crippen molar-refractivity contribution in [2.75, 3.05) is 0 Å². The average molecular weight is 295 g/mol. The molecular weight excluding hydrogens is 283 g/mol. The zero-order valence-electron chi connectivity index (χ0n) is 10.0. The van der Waals surface area contributed by atoms with E-state index >= 15 is 0 Å². The Labute approximate surface area is 109 Å². The standard InChI is InChI=1S/C11H12F3NO3S/c1-2-3-8-15-18-19(16,17)10-7-5-4-6-9(10)11(12,13)14/h4-8H,2-3H2,1H3. The van der Waals surface area contributed by atoms with Gasteiger partial charge in [-0.3, -0.25) is 4.28 Å². The Hall–Kier alpha value is -1.57. The third-order valence-corrected chi connectivity index (χ3v) is 3.27. The van der Waals surface area contributed by atoms with E-state index in [9.17, 15) is 21.6 Å². The first kappa shape index (κ1) is 15.5. The van der Waals surface area contributed by atoms with E-state index in [4.69, 9.17) is 0 Å². The number of alkyl halides is 3. The maximum atomic E-state index is 12.7. The summed E-state index contributed by atoms with van der Waals surface area (Å²) in [5, 5.41) is 3.15. The van der Waals surface area contributed by atoms with Crippen LogP contribution in [0.3, 0.4) is 0 Å². The van der Waals surface area contributed by atoms with Crippen LogP contribution in [0.1, 0.15) is 25.3 Å². The Kier molecular flexibility index (Phi) is 4.93. The van der Waals surface area contributed by atoms with Crippen LogP contribution in [0, 0.1) is 0 Å². The molecule has 1 aromatic carbocycles. The Morgan fingerprint density at radius 1 is 1.32 bits per heavy atom. The Morgan fingerprint density at radius 3 is 2.53 bits per heavy atom. The molecule has 0 radical (unpaired) electrons. The molecule has 19 heavy (non-hydrogen) atoms. The van der Waals surface area contributed by atoms with E-state index in [1.807, 2.05) is 6.92 Å². The van der Waals surface area contributed by atoms with Crippen molar-refractivity contribution in [3.63, 3.8) is 0 Å². The lowest BCUT2D eigenvalue weighted by molar-refractivity contribution is -0.140. The van der Waals surface area contributed by atoms with Gasteiger partial charge in [0.15, 0.2) is 0 Å². The van der Waals surface area contributed by atoms with Crippen molar-refractivity contribution in [3.05, 3.63) is 29.8 Å². The van der Waals surface area contributed by atoms with Gasteiger partial charge in [0.05, 0.1) is 5.56 Å². The quantitative estimate of drug-likeness (QED) is 0.619. The van der Waals surface area contributed by atoms with Crippen molar-refractivity contribution in [1.29, 1.82) is 0 Å². The van der Waals surface area contributed by atoms with Gasteiger partial charge in [-0.1, -0.05) is 30.6 Å². The molecule has 0 saturated heterocycles. The second-order valence-electron chi connectivity index (χ2n) is 3.60. The molecular formula is C11H12F3NO3S. The minimum Gasteiger partial charge on any atom is -0.265 e. The molecule has 0 spiro atoms. The van der Waals surface area contributed by atoms with Crippen LogP contribution in [0.25, 0.3) is 0 Å². The van der Waals surface area contributed by atoms with Crippen molar-refractivity contribution in [3.8, 4) is 0 Å². The summed E-state index contributed by atoms with van der Waals surface area (Å²) in [5.74, 6) is 0. The second kappa shape index (κ2) is 6.05. The predicted molar refractivity (Wildman–Crippen MR) is 63.1 cm³/mol. The zero-order valence-corrected chi connectivity index (χ0v) is 10.8. The Balaban J connectivity index is 3.09. The fraction of sp³-hybridized carbons (Fsp3) is 0.364. The van der Waals surface area contributed by atoms with Gasteiger partial charge in [0.1, 0.15) is 4.90 Å². The first-order chi connectivity index (χ1) is 8.79. The molecule has 0 amide bonds. The molecule has 4 nitrogen and oxygen atoms in total. The van der Waals surface area contributed by atoms with Crippen molar-refractivity contribution in [1.82, 2.24) is 0 Å². The van der Waals surface area contributed by atoms with Gasteiger partial charge in [-0.05, 0) is 18.6 Å². The maximum Gasteiger partial charge on any atom is 0.417 e. The number of oxime groups is 1. The summed E-state index contributed by atoms with van der Waals surface area (Å²) in [5.41, 5.74) is -1.28. The molecule has 0 unspecified atom stereocenters. The summed E-state index contributed by atoms with van der Waals surface area (Å²) >= 11 is 0. The van der Waals surface area contributed by atoms with Crippen LogP contribution in [0.2, 0.25) is 0 Å². The van der Waals surface area contributed by atoms with Crippen LogP contribution < -0.4 is 0 Å². The monoisotopic (exact) mass is 295 g/mol. The van der Waals surface area contributed by atoms with Crippen LogP contribution in [0.4, 0.5) is 13.2 Å². The fourth-order valence-corrected chi connectivity index (χ4v) is 2.18. The molecule has 0 N–H and O–H groups in total. The molecule has 0 aliphatic heterocycles.